The number of rotatable bonds is 12. The summed E-state index contributed by atoms with van der Waals surface area (Å²) in [6, 6.07) is 1.76. The number of hydrogen-bond acceptors (Lipinski definition) is 6. The molecule has 0 saturated heterocycles. The first-order chi connectivity index (χ1) is 15.4. The molecule has 33 heavy (non-hydrogen) atoms. The largest absolute Gasteiger partial charge is 0.490 e. The van der Waals surface area contributed by atoms with Gasteiger partial charge in [-0.1, -0.05) is 32.4 Å². The van der Waals surface area contributed by atoms with Crippen LogP contribution in [0.1, 0.15) is 41.0 Å². The van der Waals surface area contributed by atoms with Gasteiger partial charge in [0.2, 0.25) is 5.88 Å². The van der Waals surface area contributed by atoms with Gasteiger partial charge in [0.1, 0.15) is 10.9 Å². The molecular formula is C24H41ClN4O3Si. The maximum absolute atomic E-state index is 6.33. The van der Waals surface area contributed by atoms with Gasteiger partial charge in [0.25, 0.3) is 0 Å². The molecule has 2 heterocycles. The van der Waals surface area contributed by atoms with Crippen molar-refractivity contribution in [3.05, 3.63) is 23.6 Å². The van der Waals surface area contributed by atoms with Crippen molar-refractivity contribution in [2.24, 2.45) is 0 Å². The average molecular weight is 497 g/mol. The Bertz CT molecular complexity index is 896. The molecule has 0 spiro atoms. The third kappa shape index (κ3) is 7.70. The van der Waals surface area contributed by atoms with Gasteiger partial charge in [-0.25, -0.2) is 9.67 Å². The first kappa shape index (κ1) is 27.6. The molecule has 2 rings (SSSR count). The zero-order chi connectivity index (χ0) is 24.8. The van der Waals surface area contributed by atoms with Crippen LogP contribution in [0.3, 0.4) is 0 Å². The van der Waals surface area contributed by atoms with Crippen LogP contribution in [0.25, 0.3) is 11.1 Å². The quantitative estimate of drug-likeness (QED) is 0.276. The fraction of sp³-hybridized carbons (Fsp3) is 0.667. The molecule has 2 aromatic rings. The monoisotopic (exact) mass is 496 g/mol. The molecule has 0 N–H and O–H groups in total. The number of aromatic nitrogens is 3. The second kappa shape index (κ2) is 11.7. The Morgan fingerprint density at radius 1 is 1.18 bits per heavy atom. The zero-order valence-corrected chi connectivity index (χ0v) is 23.5. The fourth-order valence-corrected chi connectivity index (χ4v) is 4.20. The summed E-state index contributed by atoms with van der Waals surface area (Å²) in [5.74, 6) is 1.38. The molecule has 9 heteroatoms. The minimum atomic E-state index is -1.78. The Hall–Kier alpha value is -1.61. The number of hydrogen-bond donors (Lipinski definition) is 0. The number of pyridine rings is 1. The van der Waals surface area contributed by atoms with Crippen molar-refractivity contribution in [2.45, 2.75) is 71.8 Å². The van der Waals surface area contributed by atoms with E-state index in [2.05, 4.69) is 55.8 Å². The Balaban J connectivity index is 2.21. The van der Waals surface area contributed by atoms with Crippen molar-refractivity contribution in [2.75, 3.05) is 33.9 Å². The van der Waals surface area contributed by atoms with Gasteiger partial charge in [-0.15, -0.1) is 0 Å². The molecule has 0 saturated carbocycles. The first-order valence-electron chi connectivity index (χ1n) is 11.7. The molecule has 0 aliphatic carbocycles. The van der Waals surface area contributed by atoms with Crippen LogP contribution in [0.15, 0.2) is 18.5 Å². The van der Waals surface area contributed by atoms with E-state index < -0.39 is 8.32 Å². The van der Waals surface area contributed by atoms with Crippen molar-refractivity contribution in [3.63, 3.8) is 0 Å². The first-order valence-corrected chi connectivity index (χ1v) is 14.9. The van der Waals surface area contributed by atoms with Crippen LogP contribution in [0.2, 0.25) is 23.3 Å². The highest BCUT2D eigenvalue weighted by Crippen LogP contribution is 2.38. The lowest BCUT2D eigenvalue weighted by Crippen LogP contribution is -2.41. The highest BCUT2D eigenvalue weighted by atomic mass is 35.5. The molecule has 0 fully saturated rings. The van der Waals surface area contributed by atoms with Crippen LogP contribution in [0, 0.1) is 0 Å². The SMILES string of the molecule is CCOc1c(-c2cnc(Cl)cc2O[C@@H](C)CCO[Si](C)(C)C(C)(C)C)cnn1CCN(C)C. The third-order valence-corrected chi connectivity index (χ3v) is 10.8. The summed E-state index contributed by atoms with van der Waals surface area (Å²) in [5, 5.41) is 5.13. The van der Waals surface area contributed by atoms with Crippen LogP contribution in [-0.2, 0) is 11.0 Å². The minimum absolute atomic E-state index is 0.0497. The molecule has 1 atom stereocenters. The summed E-state index contributed by atoms with van der Waals surface area (Å²) in [7, 11) is 2.29. The second-order valence-electron chi connectivity index (χ2n) is 10.2. The van der Waals surface area contributed by atoms with Gasteiger partial charge in [-0.3, -0.25) is 0 Å². The van der Waals surface area contributed by atoms with Crippen LogP contribution < -0.4 is 9.47 Å². The Kier molecular flexibility index (Phi) is 9.78. The van der Waals surface area contributed by atoms with Gasteiger partial charge in [-0.2, -0.15) is 5.10 Å². The molecule has 2 aromatic heterocycles. The van der Waals surface area contributed by atoms with Crippen molar-refractivity contribution >= 4 is 19.9 Å². The summed E-state index contributed by atoms with van der Waals surface area (Å²) in [5.41, 5.74) is 1.66. The van der Waals surface area contributed by atoms with E-state index in [9.17, 15) is 0 Å². The van der Waals surface area contributed by atoms with Gasteiger partial charge in [0.05, 0.1) is 31.0 Å². The molecule has 186 valence electrons. The summed E-state index contributed by atoms with van der Waals surface area (Å²) in [6.07, 6.45) is 4.27. The molecular weight excluding hydrogens is 456 g/mol. The van der Waals surface area contributed by atoms with Gasteiger partial charge in [-0.05, 0) is 46.1 Å². The van der Waals surface area contributed by atoms with Crippen LogP contribution in [0.4, 0.5) is 0 Å². The highest BCUT2D eigenvalue weighted by Gasteiger charge is 2.37. The highest BCUT2D eigenvalue weighted by molar-refractivity contribution is 6.74. The predicted octanol–water partition coefficient (Wildman–Crippen LogP) is 5.74. The third-order valence-electron chi connectivity index (χ3n) is 6.08. The summed E-state index contributed by atoms with van der Waals surface area (Å²) in [6.45, 7) is 18.1. The number of likely N-dealkylation sites (N-methyl/N-ethyl adjacent to an activating group) is 1. The fourth-order valence-electron chi connectivity index (χ4n) is 2.99. The molecule has 0 radical (unpaired) electrons. The average Bonchev–Trinajstić information content (AvgIpc) is 3.08. The van der Waals surface area contributed by atoms with Crippen molar-refractivity contribution < 1.29 is 13.9 Å². The van der Waals surface area contributed by atoms with Crippen molar-refractivity contribution in [3.8, 4) is 22.8 Å². The number of nitrogens with zero attached hydrogens (tertiary/aromatic N) is 4. The van der Waals surface area contributed by atoms with Gasteiger partial charge < -0.3 is 18.8 Å². The van der Waals surface area contributed by atoms with Crippen molar-refractivity contribution in [1.82, 2.24) is 19.7 Å². The summed E-state index contributed by atoms with van der Waals surface area (Å²) >= 11 is 6.22. The van der Waals surface area contributed by atoms with E-state index in [1.807, 2.05) is 31.9 Å². The molecule has 0 amide bonds. The predicted molar refractivity (Wildman–Crippen MR) is 138 cm³/mol. The van der Waals surface area contributed by atoms with E-state index in [-0.39, 0.29) is 11.1 Å². The molecule has 0 aliphatic rings. The van der Waals surface area contributed by atoms with E-state index >= 15 is 0 Å². The van der Waals surface area contributed by atoms with Crippen LogP contribution >= 0.6 is 11.6 Å². The Morgan fingerprint density at radius 2 is 1.88 bits per heavy atom. The summed E-state index contributed by atoms with van der Waals surface area (Å²) < 4.78 is 20.5. The lowest BCUT2D eigenvalue weighted by Gasteiger charge is -2.36. The van der Waals surface area contributed by atoms with Crippen molar-refractivity contribution in [1.29, 1.82) is 0 Å². The second-order valence-corrected chi connectivity index (χ2v) is 15.3. The lowest BCUT2D eigenvalue weighted by atomic mass is 10.1. The normalized spacial score (nSPS) is 13.4. The molecule has 7 nitrogen and oxygen atoms in total. The maximum atomic E-state index is 6.33. The number of halogens is 1. The lowest BCUT2D eigenvalue weighted by molar-refractivity contribution is 0.171. The maximum Gasteiger partial charge on any atom is 0.220 e. The van der Waals surface area contributed by atoms with Crippen LogP contribution in [-0.4, -0.2) is 67.9 Å². The van der Waals surface area contributed by atoms with E-state index in [4.69, 9.17) is 25.5 Å². The molecule has 0 aromatic carbocycles. The van der Waals surface area contributed by atoms with Crippen LogP contribution in [0.5, 0.6) is 11.6 Å². The zero-order valence-electron chi connectivity index (χ0n) is 21.7. The molecule has 0 aliphatic heterocycles. The van der Waals surface area contributed by atoms with Gasteiger partial charge in [0.15, 0.2) is 8.32 Å². The number of ether oxygens (including phenoxy) is 2. The summed E-state index contributed by atoms with van der Waals surface area (Å²) in [4.78, 5) is 6.41. The van der Waals surface area contributed by atoms with E-state index in [1.165, 1.54) is 0 Å². The Morgan fingerprint density at radius 3 is 2.48 bits per heavy atom. The minimum Gasteiger partial charge on any atom is -0.490 e. The van der Waals surface area contributed by atoms with Gasteiger partial charge >= 0.3 is 0 Å². The van der Waals surface area contributed by atoms with E-state index in [0.29, 0.717) is 30.0 Å². The Labute approximate surface area is 205 Å². The topological polar surface area (TPSA) is 61.6 Å². The molecule has 0 unspecified atom stereocenters. The van der Waals surface area contributed by atoms with E-state index in [0.717, 1.165) is 30.6 Å². The smallest absolute Gasteiger partial charge is 0.220 e. The van der Waals surface area contributed by atoms with E-state index in [1.54, 1.807) is 12.3 Å². The molecule has 0 bridgehead atoms. The van der Waals surface area contributed by atoms with Gasteiger partial charge in [0, 0.05) is 37.4 Å². The standard InChI is InChI=1S/C24H41ClN4O3Si/c1-10-30-23-20(17-27-29(23)13-12-28(6)7)19-16-26-22(25)15-21(19)32-18(2)11-14-31-33(8,9)24(3,4)5/h15-18H,10-14H2,1-9H3/t18-/m0/s1.